The molecule has 0 unspecified atom stereocenters. The van der Waals surface area contributed by atoms with Gasteiger partial charge in [0.15, 0.2) is 0 Å². The summed E-state index contributed by atoms with van der Waals surface area (Å²) >= 11 is 5.68. The first-order chi connectivity index (χ1) is 6.68. The topological polar surface area (TPSA) is 58.6 Å². The lowest BCUT2D eigenvalue weighted by Gasteiger charge is -2.03. The van der Waals surface area contributed by atoms with Gasteiger partial charge in [0.2, 0.25) is 0 Å². The zero-order valence-corrected chi connectivity index (χ0v) is 8.12. The number of aliphatic carboxylic acids is 1. The van der Waals surface area contributed by atoms with Gasteiger partial charge in [-0.3, -0.25) is 9.63 Å². The van der Waals surface area contributed by atoms with E-state index in [1.807, 2.05) is 12.1 Å². The second-order valence-electron chi connectivity index (χ2n) is 2.63. The SMILES string of the molecule is O=C(O)CNOCc1ccc(Cl)cc1. The lowest BCUT2D eigenvalue weighted by atomic mass is 10.2. The number of hydrogen-bond donors (Lipinski definition) is 2. The van der Waals surface area contributed by atoms with Crippen LogP contribution in [0.4, 0.5) is 0 Å². The standard InChI is InChI=1S/C9H10ClNO3/c10-8-3-1-7(2-4-8)6-14-11-5-9(12)13/h1-4,11H,5-6H2,(H,12,13). The lowest BCUT2D eigenvalue weighted by molar-refractivity contribution is -0.139. The molecule has 0 aromatic heterocycles. The molecule has 0 bridgehead atoms. The highest BCUT2D eigenvalue weighted by Gasteiger charge is 1.96. The predicted molar refractivity (Wildman–Crippen MR) is 51.9 cm³/mol. The number of benzene rings is 1. The lowest BCUT2D eigenvalue weighted by Crippen LogP contribution is -2.22. The van der Waals surface area contributed by atoms with Gasteiger partial charge >= 0.3 is 5.97 Å². The van der Waals surface area contributed by atoms with Crippen molar-refractivity contribution in [2.75, 3.05) is 6.54 Å². The van der Waals surface area contributed by atoms with E-state index in [1.54, 1.807) is 12.1 Å². The number of carbonyl (C=O) groups is 1. The van der Waals surface area contributed by atoms with Gasteiger partial charge < -0.3 is 5.11 Å². The zero-order valence-electron chi connectivity index (χ0n) is 7.37. The summed E-state index contributed by atoms with van der Waals surface area (Å²) in [6, 6.07) is 7.12. The van der Waals surface area contributed by atoms with E-state index in [1.165, 1.54) is 0 Å². The smallest absolute Gasteiger partial charge is 0.319 e. The van der Waals surface area contributed by atoms with Gasteiger partial charge in [-0.2, -0.15) is 5.48 Å². The Bertz CT molecular complexity index is 299. The molecule has 2 N–H and O–H groups in total. The van der Waals surface area contributed by atoms with Gasteiger partial charge in [-0.05, 0) is 17.7 Å². The summed E-state index contributed by atoms with van der Waals surface area (Å²) in [5.41, 5.74) is 3.24. The minimum Gasteiger partial charge on any atom is -0.480 e. The molecule has 0 amide bonds. The fraction of sp³-hybridized carbons (Fsp3) is 0.222. The molecule has 0 heterocycles. The van der Waals surface area contributed by atoms with Crippen LogP contribution in [-0.2, 0) is 16.2 Å². The molecule has 5 heteroatoms. The van der Waals surface area contributed by atoms with Crippen molar-refractivity contribution >= 4 is 17.6 Å². The molecule has 0 saturated carbocycles. The Morgan fingerprint density at radius 2 is 2.07 bits per heavy atom. The number of rotatable bonds is 5. The number of halogens is 1. The van der Waals surface area contributed by atoms with Crippen molar-refractivity contribution in [3.63, 3.8) is 0 Å². The summed E-state index contributed by atoms with van der Waals surface area (Å²) in [6.07, 6.45) is 0. The summed E-state index contributed by atoms with van der Waals surface area (Å²) in [7, 11) is 0. The Hall–Kier alpha value is -1.10. The Morgan fingerprint density at radius 1 is 1.43 bits per heavy atom. The summed E-state index contributed by atoms with van der Waals surface area (Å²) in [4.78, 5) is 15.0. The maximum atomic E-state index is 10.1. The molecule has 0 aliphatic heterocycles. The summed E-state index contributed by atoms with van der Waals surface area (Å²) in [5.74, 6) is -0.957. The molecule has 0 saturated heterocycles. The number of hydroxylamine groups is 1. The van der Waals surface area contributed by atoms with E-state index in [2.05, 4.69) is 5.48 Å². The predicted octanol–water partition coefficient (Wildman–Crippen LogP) is 1.45. The molecule has 1 aromatic rings. The molecule has 0 atom stereocenters. The molecule has 0 aliphatic rings. The monoisotopic (exact) mass is 215 g/mol. The third-order valence-corrected chi connectivity index (χ3v) is 1.73. The number of nitrogens with one attached hydrogen (secondary N) is 1. The third-order valence-electron chi connectivity index (χ3n) is 1.48. The van der Waals surface area contributed by atoms with E-state index in [-0.39, 0.29) is 6.54 Å². The minimum atomic E-state index is -0.957. The van der Waals surface area contributed by atoms with Gasteiger partial charge in [-0.1, -0.05) is 23.7 Å². The molecule has 0 spiro atoms. The fourth-order valence-electron chi connectivity index (χ4n) is 0.828. The highest BCUT2D eigenvalue weighted by Crippen LogP contribution is 2.09. The van der Waals surface area contributed by atoms with Crippen molar-refractivity contribution in [1.82, 2.24) is 5.48 Å². The number of carboxylic acid groups (broad SMARTS) is 1. The van der Waals surface area contributed by atoms with Crippen molar-refractivity contribution in [3.05, 3.63) is 34.9 Å². The molecule has 4 nitrogen and oxygen atoms in total. The summed E-state index contributed by atoms with van der Waals surface area (Å²) in [6.45, 7) is 0.0953. The molecule has 14 heavy (non-hydrogen) atoms. The molecule has 1 aromatic carbocycles. The Balaban J connectivity index is 2.25. The Morgan fingerprint density at radius 3 is 2.64 bits per heavy atom. The molecule has 0 aliphatic carbocycles. The normalized spacial score (nSPS) is 10.1. The average molecular weight is 216 g/mol. The maximum Gasteiger partial charge on any atom is 0.319 e. The van der Waals surface area contributed by atoms with Crippen LogP contribution in [0.2, 0.25) is 5.02 Å². The van der Waals surface area contributed by atoms with Crippen LogP contribution in [0.25, 0.3) is 0 Å². The van der Waals surface area contributed by atoms with Crippen molar-refractivity contribution in [3.8, 4) is 0 Å². The third kappa shape index (κ3) is 4.23. The molecular formula is C9H10ClNO3. The van der Waals surface area contributed by atoms with Gasteiger partial charge in [-0.25, -0.2) is 0 Å². The summed E-state index contributed by atoms with van der Waals surface area (Å²) in [5, 5.41) is 8.95. The first-order valence-corrected chi connectivity index (χ1v) is 4.37. The van der Waals surface area contributed by atoms with Crippen molar-refractivity contribution in [2.24, 2.45) is 0 Å². The van der Waals surface area contributed by atoms with Crippen LogP contribution in [0.5, 0.6) is 0 Å². The second kappa shape index (κ2) is 5.59. The first kappa shape index (κ1) is 11.0. The van der Waals surface area contributed by atoms with Crippen molar-refractivity contribution < 1.29 is 14.7 Å². The highest BCUT2D eigenvalue weighted by atomic mass is 35.5. The van der Waals surface area contributed by atoms with Gasteiger partial charge in [0.1, 0.15) is 6.54 Å². The van der Waals surface area contributed by atoms with E-state index in [9.17, 15) is 4.79 Å². The van der Waals surface area contributed by atoms with Crippen molar-refractivity contribution in [1.29, 1.82) is 0 Å². The van der Waals surface area contributed by atoms with Crippen LogP contribution in [0.3, 0.4) is 0 Å². The van der Waals surface area contributed by atoms with Gasteiger partial charge in [0.25, 0.3) is 0 Å². The van der Waals surface area contributed by atoms with Gasteiger partial charge in [0.05, 0.1) is 6.61 Å². The fourth-order valence-corrected chi connectivity index (χ4v) is 0.954. The van der Waals surface area contributed by atoms with Crippen LogP contribution in [-0.4, -0.2) is 17.6 Å². The molecule has 0 fully saturated rings. The Kier molecular flexibility index (Phi) is 4.39. The van der Waals surface area contributed by atoms with Crippen LogP contribution < -0.4 is 5.48 Å². The van der Waals surface area contributed by atoms with Crippen LogP contribution in [0, 0.1) is 0 Å². The van der Waals surface area contributed by atoms with Gasteiger partial charge in [0, 0.05) is 5.02 Å². The number of carboxylic acids is 1. The molecular weight excluding hydrogens is 206 g/mol. The van der Waals surface area contributed by atoms with Crippen LogP contribution in [0.15, 0.2) is 24.3 Å². The minimum absolute atomic E-state index is 0.215. The van der Waals surface area contributed by atoms with Gasteiger partial charge in [-0.15, -0.1) is 0 Å². The van der Waals surface area contributed by atoms with Crippen molar-refractivity contribution in [2.45, 2.75) is 6.61 Å². The average Bonchev–Trinajstić information content (AvgIpc) is 2.15. The quantitative estimate of drug-likeness (QED) is 0.577. The van der Waals surface area contributed by atoms with E-state index in [4.69, 9.17) is 21.5 Å². The molecule has 1 rings (SSSR count). The molecule has 0 radical (unpaired) electrons. The van der Waals surface area contributed by atoms with E-state index in [0.29, 0.717) is 11.6 Å². The maximum absolute atomic E-state index is 10.1. The molecule has 76 valence electrons. The zero-order chi connectivity index (χ0) is 10.4. The summed E-state index contributed by atoms with van der Waals surface area (Å²) < 4.78 is 0. The van der Waals surface area contributed by atoms with Crippen LogP contribution in [0.1, 0.15) is 5.56 Å². The Labute approximate surface area is 86.4 Å². The first-order valence-electron chi connectivity index (χ1n) is 3.99. The number of hydrogen-bond acceptors (Lipinski definition) is 3. The largest absolute Gasteiger partial charge is 0.480 e. The van der Waals surface area contributed by atoms with E-state index in [0.717, 1.165) is 5.56 Å². The highest BCUT2D eigenvalue weighted by molar-refractivity contribution is 6.30. The van der Waals surface area contributed by atoms with E-state index < -0.39 is 5.97 Å². The second-order valence-corrected chi connectivity index (χ2v) is 3.07. The van der Waals surface area contributed by atoms with E-state index >= 15 is 0 Å². The van der Waals surface area contributed by atoms with Crippen LogP contribution >= 0.6 is 11.6 Å².